The van der Waals surface area contributed by atoms with Crippen molar-refractivity contribution in [2.45, 2.75) is 38.6 Å². The minimum Gasteiger partial charge on any atom is -0.340 e. The SMILES string of the molecule is O=C(CC1CCCC1)N1CCN(CCn2ccnc2-c2ccccc2)CC1. The first-order valence-electron chi connectivity index (χ1n) is 10.4. The lowest BCUT2D eigenvalue weighted by Gasteiger charge is -2.35. The van der Waals surface area contributed by atoms with Crippen LogP contribution < -0.4 is 0 Å². The second-order valence-corrected chi connectivity index (χ2v) is 7.89. The number of hydrogen-bond donors (Lipinski definition) is 0. The number of nitrogens with zero attached hydrogens (tertiary/aromatic N) is 4. The van der Waals surface area contributed by atoms with E-state index in [2.05, 4.69) is 49.8 Å². The van der Waals surface area contributed by atoms with E-state index < -0.39 is 0 Å². The highest BCUT2D eigenvalue weighted by Gasteiger charge is 2.25. The Morgan fingerprint density at radius 1 is 1.00 bits per heavy atom. The van der Waals surface area contributed by atoms with Gasteiger partial charge in [-0.15, -0.1) is 0 Å². The highest BCUT2D eigenvalue weighted by molar-refractivity contribution is 5.76. The number of piperazine rings is 1. The second-order valence-electron chi connectivity index (χ2n) is 7.89. The molecule has 2 aromatic rings. The lowest BCUT2D eigenvalue weighted by atomic mass is 10.0. The lowest BCUT2D eigenvalue weighted by Crippen LogP contribution is -2.49. The number of imidazole rings is 1. The third-order valence-electron chi connectivity index (χ3n) is 6.07. The van der Waals surface area contributed by atoms with E-state index in [0.29, 0.717) is 11.8 Å². The van der Waals surface area contributed by atoms with E-state index in [9.17, 15) is 4.79 Å². The molecule has 0 unspecified atom stereocenters. The summed E-state index contributed by atoms with van der Waals surface area (Å²) in [7, 11) is 0. The van der Waals surface area contributed by atoms with Gasteiger partial charge in [0.05, 0.1) is 0 Å². The van der Waals surface area contributed by atoms with Crippen molar-refractivity contribution in [2.24, 2.45) is 5.92 Å². The molecule has 2 heterocycles. The van der Waals surface area contributed by atoms with Gasteiger partial charge in [-0.2, -0.15) is 0 Å². The van der Waals surface area contributed by atoms with Gasteiger partial charge in [0.1, 0.15) is 5.82 Å². The van der Waals surface area contributed by atoms with Gasteiger partial charge in [-0.05, 0) is 18.8 Å². The maximum Gasteiger partial charge on any atom is 0.222 e. The molecule has 1 saturated carbocycles. The predicted molar refractivity (Wildman–Crippen MR) is 107 cm³/mol. The molecule has 4 rings (SSSR count). The van der Waals surface area contributed by atoms with Gasteiger partial charge in [0, 0.05) is 63.6 Å². The van der Waals surface area contributed by atoms with Crippen LogP contribution in [-0.4, -0.2) is 58.0 Å². The molecule has 0 N–H and O–H groups in total. The van der Waals surface area contributed by atoms with Gasteiger partial charge in [-0.25, -0.2) is 4.98 Å². The van der Waals surface area contributed by atoms with Crippen molar-refractivity contribution < 1.29 is 4.79 Å². The molecule has 1 aliphatic heterocycles. The molecule has 2 aliphatic rings. The average Bonchev–Trinajstić information content (AvgIpc) is 3.39. The largest absolute Gasteiger partial charge is 0.340 e. The van der Waals surface area contributed by atoms with Crippen LogP contribution >= 0.6 is 0 Å². The Morgan fingerprint density at radius 2 is 1.74 bits per heavy atom. The highest BCUT2D eigenvalue weighted by atomic mass is 16.2. The fourth-order valence-electron chi connectivity index (χ4n) is 4.40. The summed E-state index contributed by atoms with van der Waals surface area (Å²) in [5.74, 6) is 2.05. The quantitative estimate of drug-likeness (QED) is 0.788. The van der Waals surface area contributed by atoms with E-state index in [-0.39, 0.29) is 0 Å². The molecule has 0 radical (unpaired) electrons. The Balaban J connectivity index is 1.24. The predicted octanol–water partition coefficient (Wildman–Crippen LogP) is 3.27. The lowest BCUT2D eigenvalue weighted by molar-refractivity contribution is -0.133. The van der Waals surface area contributed by atoms with Gasteiger partial charge in [0.2, 0.25) is 5.91 Å². The highest BCUT2D eigenvalue weighted by Crippen LogP contribution is 2.28. The maximum atomic E-state index is 12.5. The molecular formula is C22H30N4O. The molecule has 1 amide bonds. The van der Waals surface area contributed by atoms with Crippen molar-refractivity contribution in [2.75, 3.05) is 32.7 Å². The topological polar surface area (TPSA) is 41.4 Å². The number of hydrogen-bond acceptors (Lipinski definition) is 3. The average molecular weight is 367 g/mol. The number of aromatic nitrogens is 2. The van der Waals surface area contributed by atoms with E-state index in [1.807, 2.05) is 12.3 Å². The fourth-order valence-corrected chi connectivity index (χ4v) is 4.40. The summed E-state index contributed by atoms with van der Waals surface area (Å²) in [6, 6.07) is 10.3. The molecule has 0 atom stereocenters. The summed E-state index contributed by atoms with van der Waals surface area (Å²) in [5.41, 5.74) is 1.16. The van der Waals surface area contributed by atoms with Gasteiger partial charge in [0.25, 0.3) is 0 Å². The Bertz CT molecular complexity index is 728. The van der Waals surface area contributed by atoms with Crippen molar-refractivity contribution in [1.82, 2.24) is 19.4 Å². The smallest absolute Gasteiger partial charge is 0.222 e. The van der Waals surface area contributed by atoms with Gasteiger partial charge >= 0.3 is 0 Å². The summed E-state index contributed by atoms with van der Waals surface area (Å²) in [6.07, 6.45) is 9.83. The first kappa shape index (κ1) is 18.2. The van der Waals surface area contributed by atoms with Crippen molar-refractivity contribution in [1.29, 1.82) is 0 Å². The zero-order chi connectivity index (χ0) is 18.5. The molecule has 1 aromatic heterocycles. The molecule has 2 fully saturated rings. The Hall–Kier alpha value is -2.14. The van der Waals surface area contributed by atoms with Crippen LogP contribution in [-0.2, 0) is 11.3 Å². The molecule has 5 nitrogen and oxygen atoms in total. The van der Waals surface area contributed by atoms with Crippen molar-refractivity contribution >= 4 is 5.91 Å². The summed E-state index contributed by atoms with van der Waals surface area (Å²) in [5, 5.41) is 0. The molecule has 5 heteroatoms. The van der Waals surface area contributed by atoms with Crippen molar-refractivity contribution in [3.63, 3.8) is 0 Å². The molecular weight excluding hydrogens is 336 g/mol. The van der Waals surface area contributed by atoms with Crippen LogP contribution in [0.4, 0.5) is 0 Å². The van der Waals surface area contributed by atoms with Gasteiger partial charge in [-0.1, -0.05) is 43.2 Å². The Kier molecular flexibility index (Phi) is 5.87. The Labute approximate surface area is 162 Å². The summed E-state index contributed by atoms with van der Waals surface area (Å²) < 4.78 is 2.23. The standard InChI is InChI=1S/C22H30N4O/c27-21(18-19-6-4-5-7-19)25-15-12-24(13-16-25)14-17-26-11-10-23-22(26)20-8-2-1-3-9-20/h1-3,8-11,19H,4-7,12-18H2. The van der Waals surface area contributed by atoms with Crippen molar-refractivity contribution in [3.8, 4) is 11.4 Å². The van der Waals surface area contributed by atoms with Gasteiger partial charge in [-0.3, -0.25) is 9.69 Å². The monoisotopic (exact) mass is 366 g/mol. The molecule has 27 heavy (non-hydrogen) atoms. The number of benzene rings is 1. The molecule has 144 valence electrons. The summed E-state index contributed by atoms with van der Waals surface area (Å²) in [6.45, 7) is 5.64. The summed E-state index contributed by atoms with van der Waals surface area (Å²) in [4.78, 5) is 21.6. The first-order chi connectivity index (χ1) is 13.3. The van der Waals surface area contributed by atoms with Crippen LogP contribution in [0.3, 0.4) is 0 Å². The Morgan fingerprint density at radius 3 is 2.48 bits per heavy atom. The van der Waals surface area contributed by atoms with Gasteiger partial charge in [0.15, 0.2) is 0 Å². The van der Waals surface area contributed by atoms with E-state index in [1.165, 1.54) is 25.7 Å². The zero-order valence-corrected chi connectivity index (χ0v) is 16.1. The third kappa shape index (κ3) is 4.59. The third-order valence-corrected chi connectivity index (χ3v) is 6.07. The van der Waals surface area contributed by atoms with Crippen LogP contribution in [0.2, 0.25) is 0 Å². The minimum absolute atomic E-state index is 0.377. The van der Waals surface area contributed by atoms with Crippen LogP contribution in [0.5, 0.6) is 0 Å². The maximum absolute atomic E-state index is 12.5. The van der Waals surface area contributed by atoms with Crippen LogP contribution in [0.15, 0.2) is 42.7 Å². The number of carbonyl (C=O) groups is 1. The zero-order valence-electron chi connectivity index (χ0n) is 16.1. The minimum atomic E-state index is 0.377. The summed E-state index contributed by atoms with van der Waals surface area (Å²) >= 11 is 0. The molecule has 0 bridgehead atoms. The first-order valence-corrected chi connectivity index (χ1v) is 10.4. The van der Waals surface area contributed by atoms with E-state index in [0.717, 1.165) is 57.1 Å². The van der Waals surface area contributed by atoms with E-state index in [1.54, 1.807) is 0 Å². The molecule has 0 spiro atoms. The molecule has 1 aliphatic carbocycles. The molecule has 1 aromatic carbocycles. The second kappa shape index (κ2) is 8.70. The number of rotatable bonds is 6. The van der Waals surface area contributed by atoms with Crippen LogP contribution in [0, 0.1) is 5.92 Å². The van der Waals surface area contributed by atoms with Crippen molar-refractivity contribution in [3.05, 3.63) is 42.7 Å². The number of amides is 1. The normalized spacial score (nSPS) is 18.9. The van der Waals surface area contributed by atoms with E-state index in [4.69, 9.17) is 0 Å². The molecule has 1 saturated heterocycles. The van der Waals surface area contributed by atoms with Crippen LogP contribution in [0.1, 0.15) is 32.1 Å². The number of carbonyl (C=O) groups excluding carboxylic acids is 1. The van der Waals surface area contributed by atoms with Crippen LogP contribution in [0.25, 0.3) is 11.4 Å². The van der Waals surface area contributed by atoms with E-state index >= 15 is 0 Å². The van der Waals surface area contributed by atoms with Gasteiger partial charge < -0.3 is 9.47 Å². The fraction of sp³-hybridized carbons (Fsp3) is 0.545.